The van der Waals surface area contributed by atoms with Crippen LogP contribution < -0.4 is 64.2 Å². The minimum Gasteiger partial charge on any atom is -0.871 e. The molecule has 0 heterocycles. The van der Waals surface area contributed by atoms with Crippen molar-refractivity contribution < 1.29 is 90.2 Å². The minimum atomic E-state index is -4.60. The summed E-state index contributed by atoms with van der Waals surface area (Å²) < 4.78 is 66.0. The van der Waals surface area contributed by atoms with Gasteiger partial charge in [-0.2, -0.15) is 28.9 Å². The van der Waals surface area contributed by atoms with E-state index in [1.54, 1.807) is 18.2 Å². The maximum Gasteiger partial charge on any atom is 1.00 e. The molecule has 0 radical (unpaired) electrons. The topological polar surface area (TPSA) is 184 Å². The summed E-state index contributed by atoms with van der Waals surface area (Å²) in [6.45, 7) is 0. The van der Waals surface area contributed by atoms with Crippen molar-refractivity contribution in [2.45, 2.75) is 9.79 Å². The Morgan fingerprint density at radius 2 is 1.14 bits per heavy atom. The first-order chi connectivity index (χ1) is 16.5. The number of azo groups is 2. The van der Waals surface area contributed by atoms with Gasteiger partial charge in [0.2, 0.25) is 0 Å². The van der Waals surface area contributed by atoms with E-state index in [2.05, 4.69) is 20.5 Å². The molecule has 178 valence electrons. The van der Waals surface area contributed by atoms with Gasteiger partial charge in [-0.3, -0.25) is 4.55 Å². The third-order valence-electron chi connectivity index (χ3n) is 4.74. The maximum atomic E-state index is 12.4. The van der Waals surface area contributed by atoms with Crippen LogP contribution in [0.1, 0.15) is 0 Å². The van der Waals surface area contributed by atoms with Gasteiger partial charge < -0.3 is 9.66 Å². The molecule has 0 saturated carbocycles. The molecule has 0 spiro atoms. The van der Waals surface area contributed by atoms with Gasteiger partial charge in [0.15, 0.2) is 0 Å². The number of fused-ring (bicyclic) bond motifs is 1. The zero-order valence-corrected chi connectivity index (χ0v) is 25.1. The minimum absolute atomic E-state index is 0. The fourth-order valence-corrected chi connectivity index (χ4v) is 4.30. The molecule has 15 heteroatoms. The molecule has 0 aliphatic rings. The zero-order chi connectivity index (χ0) is 25.2. The molecule has 4 rings (SSSR count). The van der Waals surface area contributed by atoms with E-state index >= 15 is 0 Å². The van der Waals surface area contributed by atoms with Crippen molar-refractivity contribution in [3.8, 4) is 5.75 Å². The van der Waals surface area contributed by atoms with Crippen LogP contribution in [0.5, 0.6) is 5.75 Å². The Balaban J connectivity index is 0.00000241. The summed E-state index contributed by atoms with van der Waals surface area (Å²) in [6, 6.07) is 17.9. The molecule has 4 aromatic carbocycles. The van der Waals surface area contributed by atoms with E-state index in [9.17, 15) is 31.0 Å². The molecule has 1 N–H and O–H groups in total. The standard InChI is InChI=1S/C22H16N4O7S2.2Na/c27-19-13-4-14-2-1-3-20(35(31,32)33)21(14)22(19)26-25-16-7-5-15(6-8-16)23-24-17-9-11-18(12-10-17)34(28,29)30;;/h1-13,27H,(H,28,29,30)(H,31,32,33);;/q;2*+1/p-2. The van der Waals surface area contributed by atoms with Crippen molar-refractivity contribution in [3.05, 3.63) is 78.9 Å². The SMILES string of the molecule is O=S(=O)([O-])c1ccc(N=Nc2ccc(N=Nc3c([O-])ccc4cccc(S(=O)(=O)O)c34)cc2)cc1.[Na+].[Na+]. The Morgan fingerprint density at radius 3 is 1.62 bits per heavy atom. The number of hydrogen-bond donors (Lipinski definition) is 1. The van der Waals surface area contributed by atoms with Gasteiger partial charge in [-0.05, 0) is 60.0 Å². The second-order valence-electron chi connectivity index (χ2n) is 7.11. The van der Waals surface area contributed by atoms with E-state index in [0.29, 0.717) is 22.4 Å². The van der Waals surface area contributed by atoms with Crippen molar-refractivity contribution in [3.63, 3.8) is 0 Å². The van der Waals surface area contributed by atoms with Gasteiger partial charge in [0.05, 0.1) is 27.6 Å². The van der Waals surface area contributed by atoms with Crippen LogP contribution in [-0.4, -0.2) is 25.9 Å². The number of benzene rings is 4. The van der Waals surface area contributed by atoms with Gasteiger partial charge in [-0.15, -0.1) is 0 Å². The second-order valence-corrected chi connectivity index (χ2v) is 9.88. The number of nitrogens with zero attached hydrogens (tertiary/aromatic N) is 4. The van der Waals surface area contributed by atoms with Gasteiger partial charge >= 0.3 is 59.1 Å². The predicted octanol–water partition coefficient (Wildman–Crippen LogP) is -1.10. The molecule has 0 fully saturated rings. The Bertz CT molecular complexity index is 1690. The van der Waals surface area contributed by atoms with E-state index in [1.165, 1.54) is 48.5 Å². The van der Waals surface area contributed by atoms with Crippen LogP contribution in [-0.2, 0) is 20.2 Å². The molecule has 0 aliphatic heterocycles. The number of hydrogen-bond acceptors (Lipinski definition) is 10. The Hall–Kier alpha value is -2.04. The van der Waals surface area contributed by atoms with Gasteiger partial charge in [0, 0.05) is 5.39 Å². The van der Waals surface area contributed by atoms with E-state index in [4.69, 9.17) is 0 Å². The average molecular weight is 556 g/mol. The predicted molar refractivity (Wildman–Crippen MR) is 122 cm³/mol. The van der Waals surface area contributed by atoms with Crippen LogP contribution in [0, 0.1) is 0 Å². The maximum absolute atomic E-state index is 12.4. The summed E-state index contributed by atoms with van der Waals surface area (Å²) in [5.74, 6) is -0.571. The van der Waals surface area contributed by atoms with Gasteiger partial charge in [-0.1, -0.05) is 30.0 Å². The van der Waals surface area contributed by atoms with Crippen molar-refractivity contribution in [1.29, 1.82) is 0 Å². The first-order valence-electron chi connectivity index (χ1n) is 9.72. The molecule has 0 atom stereocenters. The largest absolute Gasteiger partial charge is 1.00 e. The van der Waals surface area contributed by atoms with E-state index in [1.807, 2.05) is 0 Å². The Kier molecular flexibility index (Phi) is 10.7. The molecule has 0 amide bonds. The summed E-state index contributed by atoms with van der Waals surface area (Å²) in [7, 11) is -9.15. The van der Waals surface area contributed by atoms with Crippen LogP contribution in [0.3, 0.4) is 0 Å². The van der Waals surface area contributed by atoms with Crippen LogP contribution >= 0.6 is 0 Å². The molecule has 0 aromatic heterocycles. The summed E-state index contributed by atoms with van der Waals surface area (Å²) in [6.07, 6.45) is 0. The summed E-state index contributed by atoms with van der Waals surface area (Å²) in [5.41, 5.74) is 0.847. The van der Waals surface area contributed by atoms with E-state index in [0.717, 1.165) is 12.1 Å². The molecule has 0 saturated heterocycles. The van der Waals surface area contributed by atoms with Crippen LogP contribution in [0.25, 0.3) is 10.8 Å². The molecule has 11 nitrogen and oxygen atoms in total. The fourth-order valence-electron chi connectivity index (χ4n) is 3.11. The van der Waals surface area contributed by atoms with Crippen LogP contribution in [0.2, 0.25) is 0 Å². The summed E-state index contributed by atoms with van der Waals surface area (Å²) in [4.78, 5) is -0.819. The van der Waals surface area contributed by atoms with Crippen LogP contribution in [0.15, 0.2) is 109 Å². The molecule has 0 bridgehead atoms. The van der Waals surface area contributed by atoms with Crippen molar-refractivity contribution in [2.75, 3.05) is 0 Å². The Morgan fingerprint density at radius 1 is 0.649 bits per heavy atom. The van der Waals surface area contributed by atoms with Crippen LogP contribution in [0.4, 0.5) is 22.7 Å². The monoisotopic (exact) mass is 556 g/mol. The van der Waals surface area contributed by atoms with Gasteiger partial charge in [-0.25, -0.2) is 8.42 Å². The third-order valence-corrected chi connectivity index (χ3v) is 6.49. The average Bonchev–Trinajstić information content (AvgIpc) is 2.81. The van der Waals surface area contributed by atoms with Gasteiger partial charge in [0.1, 0.15) is 15.0 Å². The first-order valence-corrected chi connectivity index (χ1v) is 12.6. The quantitative estimate of drug-likeness (QED) is 0.178. The van der Waals surface area contributed by atoms with Gasteiger partial charge in [0.25, 0.3) is 10.1 Å². The smallest absolute Gasteiger partial charge is 0.871 e. The summed E-state index contributed by atoms with van der Waals surface area (Å²) >= 11 is 0. The zero-order valence-electron chi connectivity index (χ0n) is 19.5. The fraction of sp³-hybridized carbons (Fsp3) is 0. The van der Waals surface area contributed by atoms with Crippen molar-refractivity contribution in [1.82, 2.24) is 0 Å². The molecule has 0 unspecified atom stereocenters. The first kappa shape index (κ1) is 31.2. The Labute approximate surface area is 256 Å². The molecular weight excluding hydrogens is 542 g/mol. The van der Waals surface area contributed by atoms with Crippen molar-refractivity contribution in [2.24, 2.45) is 20.5 Å². The molecule has 0 aliphatic carbocycles. The second kappa shape index (κ2) is 12.7. The van der Waals surface area contributed by atoms with E-state index < -0.39 is 30.9 Å². The third kappa shape index (κ3) is 7.74. The molecule has 4 aromatic rings. The normalized spacial score (nSPS) is 11.9. The molecule has 37 heavy (non-hydrogen) atoms. The molecular formula is C22H14N4Na2O7S2. The van der Waals surface area contributed by atoms with Crippen molar-refractivity contribution >= 4 is 53.8 Å². The summed E-state index contributed by atoms with van der Waals surface area (Å²) in [5, 5.41) is 28.6. The number of rotatable bonds is 6. The van der Waals surface area contributed by atoms with E-state index in [-0.39, 0.29) is 75.1 Å².